The lowest BCUT2D eigenvalue weighted by Crippen LogP contribution is -2.48. The van der Waals surface area contributed by atoms with Crippen molar-refractivity contribution in [3.8, 4) is 0 Å². The molecule has 1 aromatic rings. The molecule has 9 heteroatoms. The van der Waals surface area contributed by atoms with Gasteiger partial charge in [-0.25, -0.2) is 0 Å². The minimum atomic E-state index is -4.56. The van der Waals surface area contributed by atoms with Gasteiger partial charge in [0.15, 0.2) is 0 Å². The summed E-state index contributed by atoms with van der Waals surface area (Å²) in [6, 6.07) is 3.07. The van der Waals surface area contributed by atoms with Crippen LogP contribution in [0.5, 0.6) is 0 Å². The molecule has 1 saturated carbocycles. The third-order valence-corrected chi connectivity index (χ3v) is 5.50. The topological polar surface area (TPSA) is 69.7 Å². The van der Waals surface area contributed by atoms with Crippen LogP contribution in [0.1, 0.15) is 45.1 Å². The molecule has 5 nitrogen and oxygen atoms in total. The minimum Gasteiger partial charge on any atom is -0.457 e. The summed E-state index contributed by atoms with van der Waals surface area (Å²) >= 11 is 0. The molecule has 0 N–H and O–H groups in total. The van der Waals surface area contributed by atoms with Gasteiger partial charge in [0.05, 0.1) is 10.5 Å². The fraction of sp³-hybridized carbons (Fsp3) is 0.562. The highest BCUT2D eigenvalue weighted by molar-refractivity contribution is 7.86. The highest BCUT2D eigenvalue weighted by Crippen LogP contribution is 2.36. The Bertz CT molecular complexity index is 727. The van der Waals surface area contributed by atoms with Crippen molar-refractivity contribution in [2.45, 2.75) is 62.3 Å². The number of halogens is 3. The van der Waals surface area contributed by atoms with E-state index in [9.17, 15) is 26.4 Å². The van der Waals surface area contributed by atoms with Gasteiger partial charge in [-0.05, 0) is 50.5 Å². The predicted molar refractivity (Wildman–Crippen MR) is 82.1 cm³/mol. The zero-order chi connectivity index (χ0) is 18.9. The Balaban J connectivity index is 2.23. The normalized spacial score (nSPS) is 24.8. The lowest BCUT2D eigenvalue weighted by atomic mass is 9.83. The van der Waals surface area contributed by atoms with E-state index in [4.69, 9.17) is 8.92 Å². The zero-order valence-electron chi connectivity index (χ0n) is 13.8. The van der Waals surface area contributed by atoms with Gasteiger partial charge in [-0.2, -0.15) is 21.6 Å². The van der Waals surface area contributed by atoms with Gasteiger partial charge in [-0.1, -0.05) is 6.42 Å². The molecule has 0 bridgehead atoms. The fourth-order valence-corrected chi connectivity index (χ4v) is 4.07. The molecule has 140 valence electrons. The number of benzene rings is 1. The Morgan fingerprint density at radius 3 is 2.32 bits per heavy atom. The van der Waals surface area contributed by atoms with E-state index in [0.717, 1.165) is 18.6 Å². The van der Waals surface area contributed by atoms with Crippen molar-refractivity contribution in [2.75, 3.05) is 0 Å². The summed E-state index contributed by atoms with van der Waals surface area (Å²) in [5, 5.41) is 0. The molecular weight excluding hydrogens is 361 g/mol. The van der Waals surface area contributed by atoms with Crippen LogP contribution in [0.3, 0.4) is 0 Å². The molecule has 1 aromatic carbocycles. The number of esters is 1. The van der Waals surface area contributed by atoms with Crippen LogP contribution in [0, 0.1) is 0 Å². The number of carbonyl (C=O) groups is 1. The monoisotopic (exact) mass is 380 g/mol. The molecule has 2 atom stereocenters. The largest absolute Gasteiger partial charge is 0.457 e. The Labute approximate surface area is 144 Å². The van der Waals surface area contributed by atoms with Gasteiger partial charge in [0, 0.05) is 6.92 Å². The molecule has 0 aromatic heterocycles. The molecule has 0 amide bonds. The number of ether oxygens (including phenoxy) is 1. The van der Waals surface area contributed by atoms with Crippen LogP contribution in [0.4, 0.5) is 13.2 Å². The Kier molecular flexibility index (Phi) is 5.48. The molecule has 0 radical (unpaired) electrons. The maximum atomic E-state index is 12.6. The second-order valence-corrected chi connectivity index (χ2v) is 7.79. The van der Waals surface area contributed by atoms with Crippen molar-refractivity contribution >= 4 is 16.1 Å². The van der Waals surface area contributed by atoms with E-state index in [0.29, 0.717) is 31.4 Å². The van der Waals surface area contributed by atoms with E-state index < -0.39 is 39.5 Å². The van der Waals surface area contributed by atoms with Gasteiger partial charge in [0.25, 0.3) is 10.1 Å². The van der Waals surface area contributed by atoms with Crippen LogP contribution in [-0.4, -0.2) is 26.1 Å². The number of rotatable bonds is 4. The summed E-state index contributed by atoms with van der Waals surface area (Å²) in [5.41, 5.74) is -2.04. The van der Waals surface area contributed by atoms with E-state index in [1.54, 1.807) is 6.92 Å². The van der Waals surface area contributed by atoms with Crippen LogP contribution in [0.15, 0.2) is 29.2 Å². The van der Waals surface area contributed by atoms with Gasteiger partial charge in [-0.15, -0.1) is 0 Å². The number of carbonyl (C=O) groups excluding carboxylic acids is 1. The highest BCUT2D eigenvalue weighted by Gasteiger charge is 2.43. The van der Waals surface area contributed by atoms with Gasteiger partial charge in [-0.3, -0.25) is 8.98 Å². The van der Waals surface area contributed by atoms with Gasteiger partial charge in [0.1, 0.15) is 11.7 Å². The van der Waals surface area contributed by atoms with Crippen molar-refractivity contribution in [1.29, 1.82) is 0 Å². The van der Waals surface area contributed by atoms with Gasteiger partial charge < -0.3 is 4.74 Å². The molecule has 25 heavy (non-hydrogen) atoms. The number of hydrogen-bond donors (Lipinski definition) is 0. The third-order valence-electron chi connectivity index (χ3n) is 4.16. The quantitative estimate of drug-likeness (QED) is 0.589. The maximum Gasteiger partial charge on any atom is 0.416 e. The van der Waals surface area contributed by atoms with E-state index in [-0.39, 0.29) is 4.90 Å². The van der Waals surface area contributed by atoms with Crippen LogP contribution < -0.4 is 0 Å². The first-order valence-electron chi connectivity index (χ1n) is 7.74. The Morgan fingerprint density at radius 2 is 1.80 bits per heavy atom. The van der Waals surface area contributed by atoms with Crippen LogP contribution in [0.25, 0.3) is 0 Å². The Morgan fingerprint density at radius 1 is 1.20 bits per heavy atom. The molecule has 1 aliphatic carbocycles. The number of hydrogen-bond acceptors (Lipinski definition) is 5. The lowest BCUT2D eigenvalue weighted by Gasteiger charge is -2.39. The smallest absolute Gasteiger partial charge is 0.416 e. The summed E-state index contributed by atoms with van der Waals surface area (Å²) in [4.78, 5) is 10.9. The van der Waals surface area contributed by atoms with E-state index >= 15 is 0 Å². The van der Waals surface area contributed by atoms with Crippen LogP contribution in [0.2, 0.25) is 0 Å². The van der Waals surface area contributed by atoms with Crippen molar-refractivity contribution in [3.63, 3.8) is 0 Å². The molecule has 1 fully saturated rings. The fourth-order valence-electron chi connectivity index (χ4n) is 2.89. The second-order valence-electron chi connectivity index (χ2n) is 6.21. The number of alkyl halides is 3. The van der Waals surface area contributed by atoms with Gasteiger partial charge >= 0.3 is 12.1 Å². The van der Waals surface area contributed by atoms with Crippen molar-refractivity contribution in [2.24, 2.45) is 0 Å². The van der Waals surface area contributed by atoms with E-state index in [2.05, 4.69) is 0 Å². The predicted octanol–water partition coefficient (Wildman–Crippen LogP) is 3.68. The zero-order valence-corrected chi connectivity index (χ0v) is 14.6. The molecule has 2 rings (SSSR count). The van der Waals surface area contributed by atoms with Crippen LogP contribution in [-0.2, 0) is 30.0 Å². The first kappa shape index (κ1) is 19.7. The maximum absolute atomic E-state index is 12.6. The van der Waals surface area contributed by atoms with Crippen molar-refractivity contribution in [1.82, 2.24) is 0 Å². The minimum absolute atomic E-state index is 0.365. The molecule has 0 heterocycles. The summed E-state index contributed by atoms with van der Waals surface area (Å²) in [7, 11) is -4.29. The average Bonchev–Trinajstić information content (AvgIpc) is 2.48. The summed E-state index contributed by atoms with van der Waals surface area (Å²) in [6.07, 6.45) is -3.19. The molecule has 1 aliphatic rings. The molecule has 0 unspecified atom stereocenters. The lowest BCUT2D eigenvalue weighted by molar-refractivity contribution is -0.170. The average molecular weight is 380 g/mol. The van der Waals surface area contributed by atoms with Crippen LogP contribution >= 0.6 is 0 Å². The SMILES string of the molecule is CC(=O)O[C@]1(C)CCCC[C@@H]1OS(=O)(=O)c1ccc(C(F)(F)F)cc1. The molecule has 0 saturated heterocycles. The molecular formula is C16H19F3O5S. The van der Waals surface area contributed by atoms with Gasteiger partial charge in [0.2, 0.25) is 0 Å². The molecule has 0 spiro atoms. The Hall–Kier alpha value is -1.61. The second kappa shape index (κ2) is 6.95. The summed E-state index contributed by atoms with van der Waals surface area (Å²) < 4.78 is 73.0. The van der Waals surface area contributed by atoms with Crippen molar-refractivity contribution < 1.29 is 35.3 Å². The molecule has 0 aliphatic heterocycles. The standard InChI is InChI=1S/C16H19F3O5S/c1-11(20)23-15(2)10-4-3-5-14(15)24-25(21,22)13-8-6-12(7-9-13)16(17,18)19/h6-9,14H,3-5,10H2,1-2H3/t14-,15+/m0/s1. The summed E-state index contributed by atoms with van der Waals surface area (Å²) in [5.74, 6) is -0.551. The first-order valence-corrected chi connectivity index (χ1v) is 9.15. The van der Waals surface area contributed by atoms with E-state index in [1.807, 2.05) is 0 Å². The third kappa shape index (κ3) is 4.72. The first-order chi connectivity index (χ1) is 11.4. The van der Waals surface area contributed by atoms with E-state index in [1.165, 1.54) is 6.92 Å². The summed E-state index contributed by atoms with van der Waals surface area (Å²) in [6.45, 7) is 2.82. The highest BCUT2D eigenvalue weighted by atomic mass is 32.2. The van der Waals surface area contributed by atoms with Crippen molar-refractivity contribution in [3.05, 3.63) is 29.8 Å².